The quantitative estimate of drug-likeness (QED) is 0.534. The highest BCUT2D eigenvalue weighted by molar-refractivity contribution is 14.1. The number of hydrogen-bond acceptors (Lipinski definition) is 0. The lowest BCUT2D eigenvalue weighted by molar-refractivity contribution is 0.269. The van der Waals surface area contributed by atoms with Gasteiger partial charge in [-0.15, -0.1) is 0 Å². The number of halogens is 1. The zero-order chi connectivity index (χ0) is 8.10. The van der Waals surface area contributed by atoms with Crippen molar-refractivity contribution in [3.63, 3.8) is 0 Å². The maximum atomic E-state index is 2.49. The molecule has 1 aliphatic carbocycles. The van der Waals surface area contributed by atoms with E-state index in [0.29, 0.717) is 0 Å². The van der Waals surface area contributed by atoms with Gasteiger partial charge in [0.15, 0.2) is 0 Å². The molecule has 1 aliphatic rings. The van der Waals surface area contributed by atoms with Crippen LogP contribution in [-0.4, -0.2) is 4.43 Å². The summed E-state index contributed by atoms with van der Waals surface area (Å²) >= 11 is 2.49. The molecular weight excluding hydrogens is 247 g/mol. The Kier molecular flexibility index (Phi) is 4.81. The van der Waals surface area contributed by atoms with Crippen LogP contribution in [0, 0.1) is 11.8 Å². The van der Waals surface area contributed by atoms with E-state index in [1.807, 2.05) is 0 Å². The Hall–Kier alpha value is 0.730. The van der Waals surface area contributed by atoms with Crippen molar-refractivity contribution in [1.82, 2.24) is 0 Å². The Balaban J connectivity index is 2.12. The van der Waals surface area contributed by atoms with E-state index in [1.54, 1.807) is 0 Å². The molecule has 0 aromatic carbocycles. The normalized spacial score (nSPS) is 32.2. The monoisotopic (exact) mass is 266 g/mol. The first-order valence-corrected chi connectivity index (χ1v) is 6.41. The zero-order valence-corrected chi connectivity index (χ0v) is 9.64. The van der Waals surface area contributed by atoms with Gasteiger partial charge in [0, 0.05) is 0 Å². The van der Waals surface area contributed by atoms with Crippen molar-refractivity contribution in [1.29, 1.82) is 0 Å². The molecule has 11 heavy (non-hydrogen) atoms. The molecule has 0 amide bonds. The average molecular weight is 266 g/mol. The van der Waals surface area contributed by atoms with Crippen molar-refractivity contribution in [2.75, 3.05) is 4.43 Å². The summed E-state index contributed by atoms with van der Waals surface area (Å²) in [6.45, 7) is 2.41. The van der Waals surface area contributed by atoms with Gasteiger partial charge in [0.25, 0.3) is 0 Å². The standard InChI is InChI=1S/C10H19I/c1-9-4-2-5-10(8-9)6-3-7-11/h9-10H,2-8H2,1H3. The lowest BCUT2D eigenvalue weighted by Gasteiger charge is -2.26. The van der Waals surface area contributed by atoms with Crippen LogP contribution in [0.25, 0.3) is 0 Å². The Morgan fingerprint density at radius 3 is 2.82 bits per heavy atom. The molecule has 0 nitrogen and oxygen atoms in total. The lowest BCUT2D eigenvalue weighted by atomic mass is 9.80. The number of hydrogen-bond donors (Lipinski definition) is 0. The van der Waals surface area contributed by atoms with Crippen molar-refractivity contribution in [3.05, 3.63) is 0 Å². The van der Waals surface area contributed by atoms with Crippen LogP contribution in [0.1, 0.15) is 45.4 Å². The average Bonchev–Trinajstić information content (AvgIpc) is 2.01. The fraction of sp³-hybridized carbons (Fsp3) is 1.00. The maximum absolute atomic E-state index is 2.49. The molecular formula is C10H19I. The Labute approximate surface area is 84.3 Å². The van der Waals surface area contributed by atoms with Gasteiger partial charge in [0.1, 0.15) is 0 Å². The van der Waals surface area contributed by atoms with Crippen LogP contribution in [0.3, 0.4) is 0 Å². The van der Waals surface area contributed by atoms with Gasteiger partial charge in [-0.05, 0) is 35.5 Å². The summed E-state index contributed by atoms with van der Waals surface area (Å²) < 4.78 is 1.35. The van der Waals surface area contributed by atoms with E-state index in [1.165, 1.54) is 43.0 Å². The lowest BCUT2D eigenvalue weighted by Crippen LogP contribution is -2.13. The van der Waals surface area contributed by atoms with Gasteiger partial charge in [0.05, 0.1) is 0 Å². The first-order valence-electron chi connectivity index (χ1n) is 4.89. The third-order valence-corrected chi connectivity index (χ3v) is 3.55. The highest BCUT2D eigenvalue weighted by atomic mass is 127. The number of alkyl halides is 1. The van der Waals surface area contributed by atoms with Gasteiger partial charge in [-0.25, -0.2) is 0 Å². The summed E-state index contributed by atoms with van der Waals surface area (Å²) in [6, 6.07) is 0. The van der Waals surface area contributed by atoms with E-state index in [-0.39, 0.29) is 0 Å². The van der Waals surface area contributed by atoms with E-state index >= 15 is 0 Å². The van der Waals surface area contributed by atoms with Crippen LogP contribution in [-0.2, 0) is 0 Å². The van der Waals surface area contributed by atoms with E-state index in [4.69, 9.17) is 0 Å². The van der Waals surface area contributed by atoms with Gasteiger partial charge in [-0.2, -0.15) is 0 Å². The molecule has 0 heterocycles. The van der Waals surface area contributed by atoms with E-state index in [0.717, 1.165) is 11.8 Å². The smallest absolute Gasteiger partial charge is 0.000463 e. The first-order chi connectivity index (χ1) is 5.33. The van der Waals surface area contributed by atoms with Crippen LogP contribution < -0.4 is 0 Å². The molecule has 0 bridgehead atoms. The van der Waals surface area contributed by atoms with Gasteiger partial charge in [-0.1, -0.05) is 48.8 Å². The van der Waals surface area contributed by atoms with Crippen molar-refractivity contribution < 1.29 is 0 Å². The molecule has 1 heteroatoms. The second kappa shape index (κ2) is 5.39. The molecule has 1 fully saturated rings. The summed E-state index contributed by atoms with van der Waals surface area (Å²) in [5, 5.41) is 0. The minimum absolute atomic E-state index is 1.02. The fourth-order valence-electron chi connectivity index (χ4n) is 2.19. The largest absolute Gasteiger partial charge is 0.0864 e. The predicted octanol–water partition coefficient (Wildman–Crippen LogP) is 4.03. The SMILES string of the molecule is CC1CCCC(CCCI)C1. The first kappa shape index (κ1) is 9.82. The van der Waals surface area contributed by atoms with Gasteiger partial charge < -0.3 is 0 Å². The molecule has 0 N–H and O–H groups in total. The Bertz CT molecular complexity index is 101. The molecule has 0 aliphatic heterocycles. The van der Waals surface area contributed by atoms with Crippen molar-refractivity contribution >= 4 is 22.6 Å². The highest BCUT2D eigenvalue weighted by Gasteiger charge is 2.17. The van der Waals surface area contributed by atoms with Crippen molar-refractivity contribution in [2.24, 2.45) is 11.8 Å². The van der Waals surface area contributed by atoms with Crippen LogP contribution in [0.5, 0.6) is 0 Å². The predicted molar refractivity (Wildman–Crippen MR) is 59.2 cm³/mol. The molecule has 1 saturated carbocycles. The van der Waals surface area contributed by atoms with Crippen LogP contribution in [0.4, 0.5) is 0 Å². The molecule has 0 aromatic rings. The zero-order valence-electron chi connectivity index (χ0n) is 7.48. The molecule has 0 saturated heterocycles. The van der Waals surface area contributed by atoms with E-state index in [9.17, 15) is 0 Å². The van der Waals surface area contributed by atoms with E-state index in [2.05, 4.69) is 29.5 Å². The maximum Gasteiger partial charge on any atom is -0.000463 e. The summed E-state index contributed by atoms with van der Waals surface area (Å²) in [5.74, 6) is 2.09. The second-order valence-corrected chi connectivity index (χ2v) is 5.05. The topological polar surface area (TPSA) is 0 Å². The van der Waals surface area contributed by atoms with Gasteiger partial charge in [0.2, 0.25) is 0 Å². The van der Waals surface area contributed by atoms with Crippen molar-refractivity contribution in [2.45, 2.75) is 45.4 Å². The molecule has 2 atom stereocenters. The highest BCUT2D eigenvalue weighted by Crippen LogP contribution is 2.31. The molecule has 0 radical (unpaired) electrons. The minimum atomic E-state index is 1.02. The summed E-state index contributed by atoms with van der Waals surface area (Å²) in [7, 11) is 0. The van der Waals surface area contributed by atoms with Crippen LogP contribution >= 0.6 is 22.6 Å². The third-order valence-electron chi connectivity index (χ3n) is 2.79. The van der Waals surface area contributed by atoms with Gasteiger partial charge >= 0.3 is 0 Å². The van der Waals surface area contributed by atoms with Crippen molar-refractivity contribution in [3.8, 4) is 0 Å². The minimum Gasteiger partial charge on any atom is -0.0864 e. The Morgan fingerprint density at radius 2 is 2.18 bits per heavy atom. The molecule has 1 rings (SSSR count). The van der Waals surface area contributed by atoms with Gasteiger partial charge in [-0.3, -0.25) is 0 Å². The summed E-state index contributed by atoms with van der Waals surface area (Å²) in [5.41, 5.74) is 0. The third kappa shape index (κ3) is 3.77. The Morgan fingerprint density at radius 1 is 1.36 bits per heavy atom. The number of rotatable bonds is 3. The second-order valence-electron chi connectivity index (χ2n) is 3.97. The van der Waals surface area contributed by atoms with Crippen LogP contribution in [0.15, 0.2) is 0 Å². The molecule has 0 aromatic heterocycles. The fourth-order valence-corrected chi connectivity index (χ4v) is 2.63. The van der Waals surface area contributed by atoms with Crippen LogP contribution in [0.2, 0.25) is 0 Å². The summed E-state index contributed by atoms with van der Waals surface area (Å²) in [4.78, 5) is 0. The molecule has 66 valence electrons. The molecule has 0 spiro atoms. The summed E-state index contributed by atoms with van der Waals surface area (Å²) in [6.07, 6.45) is 8.94. The van der Waals surface area contributed by atoms with E-state index < -0.39 is 0 Å². The molecule has 2 unspecified atom stereocenters.